The van der Waals surface area contributed by atoms with Crippen molar-refractivity contribution in [3.05, 3.63) is 34.3 Å². The number of carboxylic acids is 1. The zero-order valence-electron chi connectivity index (χ0n) is 10.4. The minimum atomic E-state index is -0.942. The van der Waals surface area contributed by atoms with Crippen molar-refractivity contribution in [2.24, 2.45) is 0 Å². The normalized spacial score (nSPS) is 17.9. The first kappa shape index (κ1) is 13.3. The molecule has 0 unspecified atom stereocenters. The minimum absolute atomic E-state index is 0.238. The number of rotatable bonds is 3. The maximum atomic E-state index is 10.8. The van der Waals surface area contributed by atoms with Gasteiger partial charge in [0.25, 0.3) is 0 Å². The molecule has 1 aliphatic heterocycles. The molecule has 98 valence electrons. The molecule has 4 nitrogen and oxygen atoms in total. The van der Waals surface area contributed by atoms with Gasteiger partial charge in [-0.2, -0.15) is 0 Å². The van der Waals surface area contributed by atoms with Crippen molar-refractivity contribution < 1.29 is 9.90 Å². The number of carboxylic acid groups (broad SMARTS) is 1. The first-order chi connectivity index (χ1) is 8.56. The van der Waals surface area contributed by atoms with Gasteiger partial charge in [0.1, 0.15) is 0 Å². The fourth-order valence-electron chi connectivity index (χ4n) is 2.06. The molecule has 1 aliphatic rings. The number of halogens is 1. The van der Waals surface area contributed by atoms with E-state index in [0.29, 0.717) is 5.02 Å². The monoisotopic (exact) mass is 268 g/mol. The SMILES string of the molecule is CN1CCN(Cc2ccc(C(=O)O)cc2Cl)CC1. The van der Waals surface area contributed by atoms with E-state index in [1.165, 1.54) is 6.07 Å². The Morgan fingerprint density at radius 3 is 2.56 bits per heavy atom. The summed E-state index contributed by atoms with van der Waals surface area (Å²) in [6, 6.07) is 4.94. The average Bonchev–Trinajstić information content (AvgIpc) is 2.34. The molecule has 1 fully saturated rings. The molecule has 1 aromatic carbocycles. The predicted octanol–water partition coefficient (Wildman–Crippen LogP) is 1.79. The van der Waals surface area contributed by atoms with E-state index in [2.05, 4.69) is 16.8 Å². The van der Waals surface area contributed by atoms with Gasteiger partial charge >= 0.3 is 5.97 Å². The van der Waals surface area contributed by atoms with E-state index in [9.17, 15) is 4.79 Å². The Labute approximate surface area is 112 Å². The van der Waals surface area contributed by atoms with E-state index in [1.807, 2.05) is 6.07 Å². The van der Waals surface area contributed by atoms with Gasteiger partial charge in [0, 0.05) is 37.7 Å². The molecule has 1 saturated heterocycles. The van der Waals surface area contributed by atoms with Crippen LogP contribution in [0.5, 0.6) is 0 Å². The number of piperazine rings is 1. The molecule has 2 rings (SSSR count). The van der Waals surface area contributed by atoms with Crippen molar-refractivity contribution in [3.8, 4) is 0 Å². The first-order valence-electron chi connectivity index (χ1n) is 5.99. The van der Waals surface area contributed by atoms with Crippen molar-refractivity contribution in [1.82, 2.24) is 9.80 Å². The Bertz CT molecular complexity index is 443. The lowest BCUT2D eigenvalue weighted by Gasteiger charge is -2.32. The van der Waals surface area contributed by atoms with E-state index in [0.717, 1.165) is 38.3 Å². The van der Waals surface area contributed by atoms with Crippen LogP contribution in [0.3, 0.4) is 0 Å². The number of benzene rings is 1. The van der Waals surface area contributed by atoms with Crippen LogP contribution in [0, 0.1) is 0 Å². The lowest BCUT2D eigenvalue weighted by atomic mass is 10.1. The van der Waals surface area contributed by atoms with Gasteiger partial charge in [-0.25, -0.2) is 4.79 Å². The Morgan fingerprint density at radius 1 is 1.33 bits per heavy atom. The summed E-state index contributed by atoms with van der Waals surface area (Å²) in [5.74, 6) is -0.942. The Hall–Kier alpha value is -1.10. The first-order valence-corrected chi connectivity index (χ1v) is 6.36. The summed E-state index contributed by atoms with van der Waals surface area (Å²) in [4.78, 5) is 15.4. The fourth-order valence-corrected chi connectivity index (χ4v) is 2.30. The summed E-state index contributed by atoms with van der Waals surface area (Å²) in [7, 11) is 2.12. The van der Waals surface area contributed by atoms with Crippen LogP contribution in [0.1, 0.15) is 15.9 Å². The molecule has 0 spiro atoms. The summed E-state index contributed by atoms with van der Waals surface area (Å²) in [5.41, 5.74) is 1.23. The smallest absolute Gasteiger partial charge is 0.335 e. The highest BCUT2D eigenvalue weighted by Gasteiger charge is 2.15. The van der Waals surface area contributed by atoms with E-state index in [4.69, 9.17) is 16.7 Å². The molecule has 0 saturated carbocycles. The topological polar surface area (TPSA) is 43.8 Å². The second kappa shape index (κ2) is 5.69. The maximum absolute atomic E-state index is 10.8. The molecule has 0 radical (unpaired) electrons. The molecule has 1 N–H and O–H groups in total. The van der Waals surface area contributed by atoms with Gasteiger partial charge in [0.2, 0.25) is 0 Å². The third kappa shape index (κ3) is 3.22. The molecule has 18 heavy (non-hydrogen) atoms. The summed E-state index contributed by atoms with van der Waals surface area (Å²) >= 11 is 6.12. The number of hydrogen-bond donors (Lipinski definition) is 1. The van der Waals surface area contributed by atoms with Gasteiger partial charge in [-0.05, 0) is 24.7 Å². The highest BCUT2D eigenvalue weighted by atomic mass is 35.5. The Morgan fingerprint density at radius 2 is 2.00 bits per heavy atom. The molecular weight excluding hydrogens is 252 g/mol. The highest BCUT2D eigenvalue weighted by molar-refractivity contribution is 6.31. The molecule has 0 bridgehead atoms. The highest BCUT2D eigenvalue weighted by Crippen LogP contribution is 2.20. The standard InChI is InChI=1S/C13H17ClN2O2/c1-15-4-6-16(7-5-15)9-11-3-2-10(13(17)18)8-12(11)14/h2-3,8H,4-7,9H2,1H3,(H,17,18). The van der Waals surface area contributed by atoms with Crippen molar-refractivity contribution >= 4 is 17.6 Å². The summed E-state index contributed by atoms with van der Waals surface area (Å²) in [6.45, 7) is 4.95. The lowest BCUT2D eigenvalue weighted by Crippen LogP contribution is -2.43. The third-order valence-electron chi connectivity index (χ3n) is 3.29. The van der Waals surface area contributed by atoms with Crippen LogP contribution >= 0.6 is 11.6 Å². The summed E-state index contributed by atoms with van der Waals surface area (Å²) < 4.78 is 0. The minimum Gasteiger partial charge on any atom is -0.478 e. The Balaban J connectivity index is 2.03. The summed E-state index contributed by atoms with van der Waals surface area (Å²) in [5, 5.41) is 9.41. The molecule has 0 atom stereocenters. The number of hydrogen-bond acceptors (Lipinski definition) is 3. The molecule has 1 aromatic rings. The number of likely N-dealkylation sites (N-methyl/N-ethyl adjacent to an activating group) is 1. The molecule has 5 heteroatoms. The van der Waals surface area contributed by atoms with Crippen LogP contribution < -0.4 is 0 Å². The van der Waals surface area contributed by atoms with Crippen molar-refractivity contribution in [3.63, 3.8) is 0 Å². The molecule has 0 aromatic heterocycles. The third-order valence-corrected chi connectivity index (χ3v) is 3.64. The Kier molecular flexibility index (Phi) is 4.22. The van der Waals surface area contributed by atoms with Gasteiger partial charge < -0.3 is 10.0 Å². The molecule has 1 heterocycles. The van der Waals surface area contributed by atoms with Gasteiger partial charge in [-0.3, -0.25) is 4.90 Å². The van der Waals surface area contributed by atoms with Crippen molar-refractivity contribution in [1.29, 1.82) is 0 Å². The largest absolute Gasteiger partial charge is 0.478 e. The van der Waals surface area contributed by atoms with Crippen molar-refractivity contribution in [2.75, 3.05) is 33.2 Å². The number of nitrogens with zero attached hydrogens (tertiary/aromatic N) is 2. The van der Waals surface area contributed by atoms with Crippen LogP contribution in [0.25, 0.3) is 0 Å². The van der Waals surface area contributed by atoms with Crippen molar-refractivity contribution in [2.45, 2.75) is 6.54 Å². The van der Waals surface area contributed by atoms with E-state index in [1.54, 1.807) is 6.07 Å². The lowest BCUT2D eigenvalue weighted by molar-refractivity contribution is 0.0697. The second-order valence-corrected chi connectivity index (χ2v) is 5.10. The van der Waals surface area contributed by atoms with Crippen LogP contribution in [-0.2, 0) is 6.54 Å². The van der Waals surface area contributed by atoms with Crippen LogP contribution in [0.4, 0.5) is 0 Å². The average molecular weight is 269 g/mol. The predicted molar refractivity (Wildman–Crippen MR) is 71.2 cm³/mol. The number of aromatic carboxylic acids is 1. The van der Waals surface area contributed by atoms with E-state index in [-0.39, 0.29) is 5.56 Å². The molecule has 0 amide bonds. The zero-order chi connectivity index (χ0) is 13.1. The van der Waals surface area contributed by atoms with Crippen LogP contribution in [-0.4, -0.2) is 54.1 Å². The fraction of sp³-hybridized carbons (Fsp3) is 0.462. The van der Waals surface area contributed by atoms with E-state index < -0.39 is 5.97 Å². The quantitative estimate of drug-likeness (QED) is 0.908. The van der Waals surface area contributed by atoms with Gasteiger partial charge in [0.05, 0.1) is 5.56 Å². The molecule has 0 aliphatic carbocycles. The number of carbonyl (C=O) groups is 1. The van der Waals surface area contributed by atoms with Crippen LogP contribution in [0.2, 0.25) is 5.02 Å². The van der Waals surface area contributed by atoms with Crippen LogP contribution in [0.15, 0.2) is 18.2 Å². The second-order valence-electron chi connectivity index (χ2n) is 4.69. The summed E-state index contributed by atoms with van der Waals surface area (Å²) in [6.07, 6.45) is 0. The molecular formula is C13H17ClN2O2. The zero-order valence-corrected chi connectivity index (χ0v) is 11.2. The van der Waals surface area contributed by atoms with Gasteiger partial charge in [-0.15, -0.1) is 0 Å². The maximum Gasteiger partial charge on any atom is 0.335 e. The van der Waals surface area contributed by atoms with Gasteiger partial charge in [-0.1, -0.05) is 17.7 Å². The van der Waals surface area contributed by atoms with E-state index >= 15 is 0 Å². The van der Waals surface area contributed by atoms with Gasteiger partial charge in [0.15, 0.2) is 0 Å².